The van der Waals surface area contributed by atoms with E-state index >= 15 is 0 Å². The predicted molar refractivity (Wildman–Crippen MR) is 64.8 cm³/mol. The Hall–Kier alpha value is -2.64. The predicted octanol–water partition coefficient (Wildman–Crippen LogP) is 2.02. The number of nitrogens with zero attached hydrogens (tertiary/aromatic N) is 1. The van der Waals surface area contributed by atoms with Crippen LogP contribution in [-0.4, -0.2) is 16.0 Å². The molecule has 5 nitrogen and oxygen atoms in total. The summed E-state index contributed by atoms with van der Waals surface area (Å²) in [5.74, 6) is -0.760. The topological polar surface area (TPSA) is 77.5 Å². The molecule has 20 heavy (non-hydrogen) atoms. The summed E-state index contributed by atoms with van der Waals surface area (Å²) in [6, 6.07) is 5.87. The summed E-state index contributed by atoms with van der Waals surface area (Å²) >= 11 is 0. The van der Waals surface area contributed by atoms with Crippen LogP contribution in [0.1, 0.15) is 0 Å². The minimum atomic E-state index is -4.78. The van der Waals surface area contributed by atoms with E-state index in [2.05, 4.69) is 4.74 Å². The maximum atomic E-state index is 12.0. The molecule has 3 N–H and O–H groups in total. The fraction of sp³-hybridized carbons (Fsp3) is 0.0833. The Labute approximate surface area is 110 Å². The average Bonchev–Trinajstić information content (AvgIpc) is 2.36. The molecule has 1 aromatic carbocycles. The summed E-state index contributed by atoms with van der Waals surface area (Å²) in [6.45, 7) is 0. The molecule has 0 aliphatic rings. The van der Waals surface area contributed by atoms with E-state index in [4.69, 9.17) is 5.73 Å². The molecule has 0 fully saturated rings. The Morgan fingerprint density at radius 1 is 1.15 bits per heavy atom. The van der Waals surface area contributed by atoms with Crippen LogP contribution < -0.4 is 16.0 Å². The summed E-state index contributed by atoms with van der Waals surface area (Å²) in [5.41, 5.74) is 4.65. The Morgan fingerprint density at radius 2 is 1.75 bits per heavy atom. The van der Waals surface area contributed by atoms with Gasteiger partial charge in [-0.3, -0.25) is 9.36 Å². The number of nitrogen functional groups attached to an aromatic ring is 1. The molecule has 0 spiro atoms. The zero-order chi connectivity index (χ0) is 14.9. The highest BCUT2D eigenvalue weighted by atomic mass is 19.4. The molecule has 0 amide bonds. The van der Waals surface area contributed by atoms with Gasteiger partial charge < -0.3 is 15.6 Å². The van der Waals surface area contributed by atoms with Crippen molar-refractivity contribution < 1.29 is 23.0 Å². The largest absolute Gasteiger partial charge is 0.573 e. The number of halogens is 3. The normalized spacial score (nSPS) is 11.3. The van der Waals surface area contributed by atoms with E-state index in [9.17, 15) is 23.1 Å². The number of aromatic nitrogens is 1. The van der Waals surface area contributed by atoms with Gasteiger partial charge in [0, 0.05) is 11.9 Å². The van der Waals surface area contributed by atoms with E-state index in [1.54, 1.807) is 0 Å². The zero-order valence-corrected chi connectivity index (χ0v) is 9.89. The molecule has 0 radical (unpaired) electrons. The molecule has 0 saturated heterocycles. The maximum absolute atomic E-state index is 12.0. The number of hydrogen-bond acceptors (Lipinski definition) is 4. The highest BCUT2D eigenvalue weighted by Gasteiger charge is 2.30. The third-order valence-electron chi connectivity index (χ3n) is 2.46. The Balaban J connectivity index is 2.36. The van der Waals surface area contributed by atoms with Crippen molar-refractivity contribution >= 4 is 5.69 Å². The SMILES string of the molecule is Nc1c(O)ccn(-c2ccc(OC(F)(F)F)cc2)c1=O. The van der Waals surface area contributed by atoms with Gasteiger partial charge in [-0.05, 0) is 30.3 Å². The molecule has 2 aromatic rings. The lowest BCUT2D eigenvalue weighted by Gasteiger charge is -2.10. The molecule has 0 unspecified atom stereocenters. The van der Waals surface area contributed by atoms with Crippen molar-refractivity contribution in [3.8, 4) is 17.2 Å². The van der Waals surface area contributed by atoms with Gasteiger partial charge in [0.15, 0.2) is 0 Å². The van der Waals surface area contributed by atoms with Gasteiger partial charge in [0.05, 0.1) is 0 Å². The van der Waals surface area contributed by atoms with Gasteiger partial charge in [-0.2, -0.15) is 0 Å². The van der Waals surface area contributed by atoms with Gasteiger partial charge in [0.1, 0.15) is 17.2 Å². The van der Waals surface area contributed by atoms with Crippen molar-refractivity contribution in [3.63, 3.8) is 0 Å². The first-order chi connectivity index (χ1) is 9.28. The van der Waals surface area contributed by atoms with Crippen LogP contribution in [0.15, 0.2) is 41.3 Å². The fourth-order valence-corrected chi connectivity index (χ4v) is 1.55. The second-order valence-corrected chi connectivity index (χ2v) is 3.83. The summed E-state index contributed by atoms with van der Waals surface area (Å²) in [7, 11) is 0. The highest BCUT2D eigenvalue weighted by molar-refractivity contribution is 5.51. The summed E-state index contributed by atoms with van der Waals surface area (Å²) in [4.78, 5) is 11.8. The van der Waals surface area contributed by atoms with Gasteiger partial charge in [0.25, 0.3) is 5.56 Å². The third-order valence-corrected chi connectivity index (χ3v) is 2.46. The number of aromatic hydroxyl groups is 1. The molecule has 8 heteroatoms. The van der Waals surface area contributed by atoms with Crippen LogP contribution in [0.3, 0.4) is 0 Å². The van der Waals surface area contributed by atoms with E-state index in [-0.39, 0.29) is 17.1 Å². The van der Waals surface area contributed by atoms with Crippen LogP contribution >= 0.6 is 0 Å². The Bertz CT molecular complexity index is 678. The monoisotopic (exact) mass is 286 g/mol. The van der Waals surface area contributed by atoms with E-state index in [0.717, 1.165) is 16.7 Å². The van der Waals surface area contributed by atoms with Crippen LogP contribution in [-0.2, 0) is 0 Å². The van der Waals surface area contributed by atoms with Crippen LogP contribution in [0.2, 0.25) is 0 Å². The number of pyridine rings is 1. The zero-order valence-electron chi connectivity index (χ0n) is 9.89. The molecule has 1 aromatic heterocycles. The number of anilines is 1. The molecule has 0 bridgehead atoms. The van der Waals surface area contributed by atoms with Crippen LogP contribution in [0.4, 0.5) is 18.9 Å². The molecule has 0 aliphatic carbocycles. The van der Waals surface area contributed by atoms with Gasteiger partial charge in [-0.25, -0.2) is 0 Å². The maximum Gasteiger partial charge on any atom is 0.573 e. The van der Waals surface area contributed by atoms with Crippen LogP contribution in [0.5, 0.6) is 11.5 Å². The molecular weight excluding hydrogens is 277 g/mol. The number of nitrogens with two attached hydrogens (primary N) is 1. The van der Waals surface area contributed by atoms with Gasteiger partial charge in [-0.1, -0.05) is 0 Å². The average molecular weight is 286 g/mol. The summed E-state index contributed by atoms with van der Waals surface area (Å²) < 4.78 is 40.8. The van der Waals surface area contributed by atoms with Crippen molar-refractivity contribution in [2.75, 3.05) is 5.73 Å². The number of rotatable bonds is 2. The smallest absolute Gasteiger partial charge is 0.506 e. The number of benzene rings is 1. The first-order valence-corrected chi connectivity index (χ1v) is 5.34. The Kier molecular flexibility index (Phi) is 3.31. The van der Waals surface area contributed by atoms with Gasteiger partial charge >= 0.3 is 6.36 Å². The summed E-state index contributed by atoms with van der Waals surface area (Å²) in [6.07, 6.45) is -3.52. The van der Waals surface area contributed by atoms with E-state index in [0.29, 0.717) is 0 Å². The molecule has 2 rings (SSSR count). The van der Waals surface area contributed by atoms with Crippen molar-refractivity contribution in [3.05, 3.63) is 46.9 Å². The number of ether oxygens (including phenoxy) is 1. The number of hydrogen-bond donors (Lipinski definition) is 2. The Morgan fingerprint density at radius 3 is 2.30 bits per heavy atom. The minimum Gasteiger partial charge on any atom is -0.506 e. The quantitative estimate of drug-likeness (QED) is 0.885. The molecule has 0 saturated carbocycles. The van der Waals surface area contributed by atoms with Crippen LogP contribution in [0, 0.1) is 0 Å². The molecule has 1 heterocycles. The molecular formula is C12H9F3N2O3. The fourth-order valence-electron chi connectivity index (χ4n) is 1.55. The van der Waals surface area contributed by atoms with Crippen LogP contribution in [0.25, 0.3) is 5.69 Å². The molecule has 0 atom stereocenters. The second-order valence-electron chi connectivity index (χ2n) is 3.83. The second kappa shape index (κ2) is 4.80. The lowest BCUT2D eigenvalue weighted by molar-refractivity contribution is -0.274. The first-order valence-electron chi connectivity index (χ1n) is 5.34. The van der Waals surface area contributed by atoms with E-state index in [1.165, 1.54) is 24.4 Å². The van der Waals surface area contributed by atoms with Crippen molar-refractivity contribution in [1.29, 1.82) is 0 Å². The van der Waals surface area contributed by atoms with E-state index < -0.39 is 17.7 Å². The van der Waals surface area contributed by atoms with Crippen molar-refractivity contribution in [2.24, 2.45) is 0 Å². The highest BCUT2D eigenvalue weighted by Crippen LogP contribution is 2.23. The molecule has 0 aliphatic heterocycles. The standard InChI is InChI=1S/C12H9F3N2O3/c13-12(14,15)20-8-3-1-7(2-4-8)17-6-5-9(18)10(16)11(17)19/h1-6,18H,16H2. The van der Waals surface area contributed by atoms with Gasteiger partial charge in [-0.15, -0.1) is 13.2 Å². The van der Waals surface area contributed by atoms with Crippen molar-refractivity contribution in [1.82, 2.24) is 4.57 Å². The van der Waals surface area contributed by atoms with E-state index in [1.807, 2.05) is 0 Å². The summed E-state index contributed by atoms with van der Waals surface area (Å²) in [5, 5.41) is 9.26. The number of alkyl halides is 3. The lowest BCUT2D eigenvalue weighted by Crippen LogP contribution is -2.21. The first kappa shape index (κ1) is 13.8. The lowest BCUT2D eigenvalue weighted by atomic mass is 10.3. The third kappa shape index (κ3) is 2.85. The van der Waals surface area contributed by atoms with Crippen molar-refractivity contribution in [2.45, 2.75) is 6.36 Å². The minimum absolute atomic E-state index is 0.288. The molecule has 106 valence electrons. The van der Waals surface area contributed by atoms with Gasteiger partial charge in [0.2, 0.25) is 0 Å².